The lowest BCUT2D eigenvalue weighted by Crippen LogP contribution is -2.48. The van der Waals surface area contributed by atoms with Gasteiger partial charge in [-0.25, -0.2) is 9.67 Å². The molecule has 1 aliphatic rings. The van der Waals surface area contributed by atoms with Crippen molar-refractivity contribution in [1.82, 2.24) is 20.1 Å². The fraction of sp³-hybridized carbons (Fsp3) is 0.375. The summed E-state index contributed by atoms with van der Waals surface area (Å²) < 4.78 is 1.62. The lowest BCUT2D eigenvalue weighted by molar-refractivity contribution is 0.0902. The molecular formula is C16H17N5O. The van der Waals surface area contributed by atoms with Crippen LogP contribution in [0.25, 0.3) is 5.69 Å². The molecule has 22 heavy (non-hydrogen) atoms. The second kappa shape index (κ2) is 5.98. The first-order chi connectivity index (χ1) is 10.7. The molecule has 0 atom stereocenters. The van der Waals surface area contributed by atoms with Gasteiger partial charge in [-0.3, -0.25) is 4.79 Å². The molecule has 3 rings (SSSR count). The second-order valence-electron chi connectivity index (χ2n) is 5.60. The van der Waals surface area contributed by atoms with Crippen LogP contribution in [0, 0.1) is 11.3 Å². The molecule has 1 aromatic carbocycles. The van der Waals surface area contributed by atoms with Crippen molar-refractivity contribution in [2.24, 2.45) is 0 Å². The van der Waals surface area contributed by atoms with E-state index in [4.69, 9.17) is 0 Å². The number of carbonyl (C=O) groups is 1. The van der Waals surface area contributed by atoms with Gasteiger partial charge in [-0.2, -0.15) is 10.4 Å². The van der Waals surface area contributed by atoms with Crippen LogP contribution in [0.5, 0.6) is 0 Å². The maximum atomic E-state index is 12.4. The second-order valence-corrected chi connectivity index (χ2v) is 5.60. The fourth-order valence-corrected chi connectivity index (χ4v) is 2.82. The quantitative estimate of drug-likeness (QED) is 0.941. The molecule has 6 nitrogen and oxygen atoms in total. The molecule has 0 bridgehead atoms. The van der Waals surface area contributed by atoms with Gasteiger partial charge < -0.3 is 5.32 Å². The Kier molecular flexibility index (Phi) is 3.88. The normalized spacial score (nSPS) is 16.7. The van der Waals surface area contributed by atoms with Gasteiger partial charge in [0.25, 0.3) is 5.91 Å². The third-order valence-electron chi connectivity index (χ3n) is 4.09. The Morgan fingerprint density at radius 2 is 1.95 bits per heavy atom. The van der Waals surface area contributed by atoms with Gasteiger partial charge in [0.1, 0.15) is 18.2 Å². The molecule has 1 saturated carbocycles. The van der Waals surface area contributed by atoms with Crippen LogP contribution in [0.15, 0.2) is 36.9 Å². The summed E-state index contributed by atoms with van der Waals surface area (Å²) in [7, 11) is 0. The number of aromatic nitrogens is 3. The van der Waals surface area contributed by atoms with Gasteiger partial charge in [0.2, 0.25) is 0 Å². The van der Waals surface area contributed by atoms with Crippen LogP contribution in [0.2, 0.25) is 0 Å². The third-order valence-corrected chi connectivity index (χ3v) is 4.09. The van der Waals surface area contributed by atoms with E-state index in [-0.39, 0.29) is 5.91 Å². The van der Waals surface area contributed by atoms with E-state index in [1.54, 1.807) is 23.1 Å². The Morgan fingerprint density at radius 3 is 2.55 bits per heavy atom. The molecule has 1 heterocycles. The van der Waals surface area contributed by atoms with Crippen LogP contribution in [-0.4, -0.2) is 26.2 Å². The highest BCUT2D eigenvalue weighted by Crippen LogP contribution is 2.27. The van der Waals surface area contributed by atoms with Crippen molar-refractivity contribution in [1.29, 1.82) is 5.26 Å². The molecule has 0 saturated heterocycles. The van der Waals surface area contributed by atoms with Crippen LogP contribution in [-0.2, 0) is 0 Å². The predicted octanol–water partition coefficient (Wildman–Crippen LogP) is 2.22. The van der Waals surface area contributed by atoms with Crippen molar-refractivity contribution in [3.05, 3.63) is 42.5 Å². The minimum atomic E-state index is -0.708. The predicted molar refractivity (Wildman–Crippen MR) is 80.3 cm³/mol. The van der Waals surface area contributed by atoms with E-state index in [1.165, 1.54) is 6.33 Å². The van der Waals surface area contributed by atoms with E-state index in [0.29, 0.717) is 5.56 Å². The first-order valence-electron chi connectivity index (χ1n) is 7.41. The minimum absolute atomic E-state index is 0.200. The molecule has 1 aromatic heterocycles. The van der Waals surface area contributed by atoms with Gasteiger partial charge in [0.15, 0.2) is 0 Å². The van der Waals surface area contributed by atoms with Crippen molar-refractivity contribution >= 4 is 5.91 Å². The Morgan fingerprint density at radius 1 is 1.23 bits per heavy atom. The zero-order valence-corrected chi connectivity index (χ0v) is 12.2. The van der Waals surface area contributed by atoms with E-state index >= 15 is 0 Å². The number of hydrogen-bond donors (Lipinski definition) is 1. The number of rotatable bonds is 3. The maximum Gasteiger partial charge on any atom is 0.252 e. The van der Waals surface area contributed by atoms with Gasteiger partial charge in [0.05, 0.1) is 11.8 Å². The summed E-state index contributed by atoms with van der Waals surface area (Å²) in [6, 6.07) is 9.39. The zero-order valence-electron chi connectivity index (χ0n) is 12.2. The fourth-order valence-electron chi connectivity index (χ4n) is 2.82. The Hall–Kier alpha value is -2.68. The lowest BCUT2D eigenvalue weighted by atomic mass is 9.82. The molecule has 0 radical (unpaired) electrons. The lowest BCUT2D eigenvalue weighted by Gasteiger charge is -2.31. The molecule has 112 valence electrons. The highest BCUT2D eigenvalue weighted by molar-refractivity contribution is 5.95. The Bertz CT molecular complexity index is 678. The number of amides is 1. The molecule has 1 fully saturated rings. The van der Waals surface area contributed by atoms with Crippen molar-refractivity contribution in [2.45, 2.75) is 37.6 Å². The number of nitrogens with one attached hydrogen (secondary N) is 1. The van der Waals surface area contributed by atoms with Crippen LogP contribution < -0.4 is 5.32 Å². The first-order valence-corrected chi connectivity index (χ1v) is 7.41. The number of benzene rings is 1. The number of nitriles is 1. The smallest absolute Gasteiger partial charge is 0.252 e. The van der Waals surface area contributed by atoms with Gasteiger partial charge in [0, 0.05) is 5.56 Å². The summed E-state index contributed by atoms with van der Waals surface area (Å²) in [5.74, 6) is -0.200. The largest absolute Gasteiger partial charge is 0.334 e. The molecule has 0 spiro atoms. The van der Waals surface area contributed by atoms with Crippen LogP contribution in [0.3, 0.4) is 0 Å². The van der Waals surface area contributed by atoms with Gasteiger partial charge >= 0.3 is 0 Å². The Balaban J connectivity index is 1.74. The van der Waals surface area contributed by atoms with Crippen molar-refractivity contribution < 1.29 is 4.79 Å². The summed E-state index contributed by atoms with van der Waals surface area (Å²) in [6.07, 6.45) is 7.62. The topological polar surface area (TPSA) is 83.6 Å². The number of nitrogens with zero attached hydrogens (tertiary/aromatic N) is 4. The van der Waals surface area contributed by atoms with E-state index in [9.17, 15) is 10.1 Å². The average molecular weight is 295 g/mol. The molecule has 0 unspecified atom stereocenters. The SMILES string of the molecule is N#CC1(NC(=O)c2ccc(-n3cncn3)cc2)CCCCC1. The summed E-state index contributed by atoms with van der Waals surface area (Å²) in [4.78, 5) is 16.3. The Labute approximate surface area is 128 Å². The molecule has 1 aliphatic carbocycles. The third kappa shape index (κ3) is 2.84. The molecule has 6 heteroatoms. The van der Waals surface area contributed by atoms with Gasteiger partial charge in [-0.15, -0.1) is 0 Å². The zero-order chi connectivity index (χ0) is 15.4. The minimum Gasteiger partial charge on any atom is -0.334 e. The monoisotopic (exact) mass is 295 g/mol. The maximum absolute atomic E-state index is 12.4. The summed E-state index contributed by atoms with van der Waals surface area (Å²) in [5.41, 5.74) is 0.672. The number of hydrogen-bond acceptors (Lipinski definition) is 4. The van der Waals surface area contributed by atoms with Gasteiger partial charge in [-0.1, -0.05) is 19.3 Å². The van der Waals surface area contributed by atoms with Crippen LogP contribution in [0.4, 0.5) is 0 Å². The highest BCUT2D eigenvalue weighted by atomic mass is 16.1. The summed E-state index contributed by atoms with van der Waals surface area (Å²) in [6.45, 7) is 0. The van der Waals surface area contributed by atoms with Crippen molar-refractivity contribution in [3.63, 3.8) is 0 Å². The summed E-state index contributed by atoms with van der Waals surface area (Å²) in [5, 5.41) is 16.4. The molecular weight excluding hydrogens is 278 g/mol. The van der Waals surface area contributed by atoms with Crippen molar-refractivity contribution in [2.75, 3.05) is 0 Å². The molecule has 0 aliphatic heterocycles. The number of carbonyl (C=O) groups excluding carboxylic acids is 1. The van der Waals surface area contributed by atoms with E-state index in [1.807, 2.05) is 12.1 Å². The van der Waals surface area contributed by atoms with Gasteiger partial charge in [-0.05, 0) is 37.1 Å². The van der Waals surface area contributed by atoms with Crippen LogP contribution >= 0.6 is 0 Å². The molecule has 1 amide bonds. The molecule has 2 aromatic rings. The average Bonchev–Trinajstić information content (AvgIpc) is 3.10. The highest BCUT2D eigenvalue weighted by Gasteiger charge is 2.33. The van der Waals surface area contributed by atoms with Crippen LogP contribution in [0.1, 0.15) is 42.5 Å². The van der Waals surface area contributed by atoms with Crippen molar-refractivity contribution in [3.8, 4) is 11.8 Å². The molecule has 1 N–H and O–H groups in total. The van der Waals surface area contributed by atoms with E-state index in [0.717, 1.165) is 37.8 Å². The van der Waals surface area contributed by atoms with E-state index in [2.05, 4.69) is 21.5 Å². The summed E-state index contributed by atoms with van der Waals surface area (Å²) >= 11 is 0. The first kappa shape index (κ1) is 14.3. The van der Waals surface area contributed by atoms with E-state index < -0.39 is 5.54 Å². The standard InChI is InChI=1S/C16H17N5O/c17-10-16(8-2-1-3-9-16)20-15(22)13-4-6-14(7-5-13)21-12-18-11-19-21/h4-7,11-12H,1-3,8-9H2,(H,20,22).